The molecule has 0 amide bonds. The van der Waals surface area contributed by atoms with Crippen molar-refractivity contribution in [3.63, 3.8) is 0 Å². The minimum Gasteiger partial charge on any atom is -0.489 e. The summed E-state index contributed by atoms with van der Waals surface area (Å²) in [6.45, 7) is 3.97. The number of aliphatic hydroxyl groups excluding tert-OH is 1. The summed E-state index contributed by atoms with van der Waals surface area (Å²) in [7, 11) is 0. The van der Waals surface area contributed by atoms with Gasteiger partial charge in [-0.25, -0.2) is 0 Å². The Kier molecular flexibility index (Phi) is 4.93. The van der Waals surface area contributed by atoms with Gasteiger partial charge in [-0.3, -0.25) is 0 Å². The van der Waals surface area contributed by atoms with Crippen LogP contribution in [-0.4, -0.2) is 10.3 Å². The Morgan fingerprint density at radius 1 is 1.20 bits per heavy atom. The lowest BCUT2D eigenvalue weighted by Crippen LogP contribution is -1.96. The molecule has 1 N–H and O–H groups in total. The summed E-state index contributed by atoms with van der Waals surface area (Å²) in [4.78, 5) is 0. The average Bonchev–Trinajstić information content (AvgIpc) is 3.16. The maximum absolute atomic E-state index is 9.90. The summed E-state index contributed by atoms with van der Waals surface area (Å²) in [5.74, 6) is 0.931. The van der Waals surface area contributed by atoms with E-state index in [1.807, 2.05) is 54.6 Å². The van der Waals surface area contributed by atoms with E-state index in [4.69, 9.17) is 14.5 Å². The molecule has 5 nitrogen and oxygen atoms in total. The monoisotopic (exact) mass is 332 g/mol. The molecule has 0 radical (unpaired) electrons. The van der Waals surface area contributed by atoms with E-state index in [9.17, 15) is 5.11 Å². The lowest BCUT2D eigenvalue weighted by molar-refractivity contribution is 0.177. The molecule has 0 fully saturated rings. The number of aromatic nitrogens is 1. The second kappa shape index (κ2) is 7.47. The van der Waals surface area contributed by atoms with Gasteiger partial charge in [-0.1, -0.05) is 42.1 Å². The van der Waals surface area contributed by atoms with Gasteiger partial charge < -0.3 is 14.4 Å². The van der Waals surface area contributed by atoms with Crippen LogP contribution in [-0.2, 0) is 6.61 Å². The van der Waals surface area contributed by atoms with E-state index < -0.39 is 6.10 Å². The first-order valence-electron chi connectivity index (χ1n) is 7.68. The van der Waals surface area contributed by atoms with Crippen molar-refractivity contribution in [1.82, 2.24) is 5.16 Å². The third kappa shape index (κ3) is 3.94. The number of ether oxygens (including phenoxy) is 1. The van der Waals surface area contributed by atoms with Crippen LogP contribution in [0.2, 0.25) is 0 Å². The van der Waals surface area contributed by atoms with Crippen LogP contribution < -0.4 is 4.74 Å². The fourth-order valence-corrected chi connectivity index (χ4v) is 2.25. The van der Waals surface area contributed by atoms with Crippen LogP contribution in [0.3, 0.4) is 0 Å². The van der Waals surface area contributed by atoms with Crippen molar-refractivity contribution in [3.05, 3.63) is 84.1 Å². The van der Waals surface area contributed by atoms with Crippen molar-refractivity contribution in [2.75, 3.05) is 0 Å². The predicted octanol–water partition coefficient (Wildman–Crippen LogP) is 4.03. The van der Waals surface area contributed by atoms with Crippen LogP contribution in [0.5, 0.6) is 5.75 Å². The standard InChI is InChI=1S/C20H16N2O3/c1-14(12-21)20(23)19-11-18(22-25-19)16-7-9-17(10-8-16)24-13-15-5-3-2-4-6-15/h2-11,20,23H,1,13H2. The van der Waals surface area contributed by atoms with E-state index in [0.717, 1.165) is 16.9 Å². The van der Waals surface area contributed by atoms with E-state index in [2.05, 4.69) is 11.7 Å². The number of nitrogens with zero attached hydrogens (tertiary/aromatic N) is 2. The molecule has 3 aromatic rings. The Morgan fingerprint density at radius 3 is 2.60 bits per heavy atom. The van der Waals surface area contributed by atoms with Gasteiger partial charge in [0.2, 0.25) is 0 Å². The van der Waals surface area contributed by atoms with E-state index in [-0.39, 0.29) is 11.3 Å². The number of aliphatic hydroxyl groups is 1. The summed E-state index contributed by atoms with van der Waals surface area (Å²) in [6.07, 6.45) is -1.18. The SMILES string of the molecule is C=C(C#N)C(O)c1cc(-c2ccc(OCc3ccccc3)cc2)no1. The normalized spacial score (nSPS) is 11.5. The van der Waals surface area contributed by atoms with Crippen molar-refractivity contribution >= 4 is 0 Å². The van der Waals surface area contributed by atoms with Gasteiger partial charge in [-0.05, 0) is 29.8 Å². The smallest absolute Gasteiger partial charge is 0.171 e. The quantitative estimate of drug-likeness (QED) is 0.689. The Morgan fingerprint density at radius 2 is 1.92 bits per heavy atom. The molecule has 0 aliphatic carbocycles. The highest BCUT2D eigenvalue weighted by molar-refractivity contribution is 5.60. The minimum absolute atomic E-state index is 0.00681. The molecule has 1 aromatic heterocycles. The Hall–Kier alpha value is -3.36. The predicted molar refractivity (Wildman–Crippen MR) is 92.4 cm³/mol. The molecule has 124 valence electrons. The number of hydrogen-bond acceptors (Lipinski definition) is 5. The van der Waals surface area contributed by atoms with Crippen molar-refractivity contribution in [1.29, 1.82) is 5.26 Å². The molecule has 0 saturated carbocycles. The molecule has 1 heterocycles. The molecule has 25 heavy (non-hydrogen) atoms. The number of rotatable bonds is 6. The summed E-state index contributed by atoms with van der Waals surface area (Å²) in [5, 5.41) is 22.6. The van der Waals surface area contributed by atoms with Crippen molar-refractivity contribution in [2.24, 2.45) is 0 Å². The van der Waals surface area contributed by atoms with E-state index in [1.54, 1.807) is 12.1 Å². The van der Waals surface area contributed by atoms with Crippen molar-refractivity contribution < 1.29 is 14.4 Å². The number of nitriles is 1. The zero-order chi connectivity index (χ0) is 17.6. The molecule has 3 rings (SSSR count). The summed E-state index contributed by atoms with van der Waals surface area (Å²) >= 11 is 0. The van der Waals surface area contributed by atoms with Gasteiger partial charge in [0, 0.05) is 11.6 Å². The average molecular weight is 332 g/mol. The Labute approximate surface area is 145 Å². The van der Waals surface area contributed by atoms with Gasteiger partial charge in [0.1, 0.15) is 24.2 Å². The van der Waals surface area contributed by atoms with Crippen molar-refractivity contribution in [3.8, 4) is 23.1 Å². The van der Waals surface area contributed by atoms with Crippen LogP contribution in [0.4, 0.5) is 0 Å². The Balaban J connectivity index is 1.67. The zero-order valence-electron chi connectivity index (χ0n) is 13.4. The molecular weight excluding hydrogens is 316 g/mol. The fraction of sp³-hybridized carbons (Fsp3) is 0.100. The maximum Gasteiger partial charge on any atom is 0.171 e. The maximum atomic E-state index is 9.90. The molecule has 1 unspecified atom stereocenters. The molecule has 0 saturated heterocycles. The van der Waals surface area contributed by atoms with Crippen LogP contribution in [0, 0.1) is 11.3 Å². The molecule has 0 aliphatic rings. The van der Waals surface area contributed by atoms with Crippen LogP contribution in [0.1, 0.15) is 17.4 Å². The summed E-state index contributed by atoms with van der Waals surface area (Å²) in [6, 6.07) is 20.7. The first-order chi connectivity index (χ1) is 12.2. The molecule has 0 spiro atoms. The second-order valence-corrected chi connectivity index (χ2v) is 5.45. The fourth-order valence-electron chi connectivity index (χ4n) is 2.25. The van der Waals surface area contributed by atoms with Gasteiger partial charge in [0.05, 0.1) is 11.6 Å². The number of hydrogen-bond donors (Lipinski definition) is 1. The third-order valence-electron chi connectivity index (χ3n) is 3.67. The molecule has 5 heteroatoms. The van der Waals surface area contributed by atoms with E-state index >= 15 is 0 Å². The molecular formula is C20H16N2O3. The van der Waals surface area contributed by atoms with Gasteiger partial charge in [0.15, 0.2) is 5.76 Å². The molecule has 0 aliphatic heterocycles. The molecule has 1 atom stereocenters. The highest BCUT2D eigenvalue weighted by Gasteiger charge is 2.17. The highest BCUT2D eigenvalue weighted by Crippen LogP contribution is 2.27. The lowest BCUT2D eigenvalue weighted by atomic mass is 10.1. The summed E-state index contributed by atoms with van der Waals surface area (Å²) < 4.78 is 10.8. The first kappa shape index (κ1) is 16.5. The second-order valence-electron chi connectivity index (χ2n) is 5.45. The van der Waals surface area contributed by atoms with Crippen molar-refractivity contribution in [2.45, 2.75) is 12.7 Å². The lowest BCUT2D eigenvalue weighted by Gasteiger charge is -2.06. The van der Waals surface area contributed by atoms with Crippen LogP contribution >= 0.6 is 0 Å². The molecule has 0 bridgehead atoms. The van der Waals surface area contributed by atoms with E-state index in [1.165, 1.54) is 0 Å². The van der Waals surface area contributed by atoms with Crippen LogP contribution in [0.25, 0.3) is 11.3 Å². The largest absolute Gasteiger partial charge is 0.489 e. The topological polar surface area (TPSA) is 79.3 Å². The third-order valence-corrected chi connectivity index (χ3v) is 3.67. The minimum atomic E-state index is -1.18. The number of benzene rings is 2. The van der Waals surface area contributed by atoms with Gasteiger partial charge in [0.25, 0.3) is 0 Å². The zero-order valence-corrected chi connectivity index (χ0v) is 13.4. The first-order valence-corrected chi connectivity index (χ1v) is 7.68. The van der Waals surface area contributed by atoms with Gasteiger partial charge >= 0.3 is 0 Å². The molecule has 2 aromatic carbocycles. The van der Waals surface area contributed by atoms with Gasteiger partial charge in [-0.2, -0.15) is 5.26 Å². The summed E-state index contributed by atoms with van der Waals surface area (Å²) in [5.41, 5.74) is 2.48. The highest BCUT2D eigenvalue weighted by atomic mass is 16.5. The van der Waals surface area contributed by atoms with E-state index in [0.29, 0.717) is 12.3 Å². The van der Waals surface area contributed by atoms with Crippen LogP contribution in [0.15, 0.2) is 77.3 Å². The van der Waals surface area contributed by atoms with Gasteiger partial charge in [-0.15, -0.1) is 0 Å². The Bertz CT molecular complexity index is 893.